The zero-order valence-electron chi connectivity index (χ0n) is 8.73. The predicted octanol–water partition coefficient (Wildman–Crippen LogP) is 0.197. The van der Waals surface area contributed by atoms with Gasteiger partial charge in [-0.15, -0.1) is 0 Å². The first-order valence-corrected chi connectivity index (χ1v) is 5.89. The van der Waals surface area contributed by atoms with Crippen LogP contribution in [-0.2, 0) is 14.8 Å². The van der Waals surface area contributed by atoms with Gasteiger partial charge in [-0.1, -0.05) is 0 Å². The molecule has 0 heterocycles. The van der Waals surface area contributed by atoms with Crippen LogP contribution in [0.4, 0.5) is 0 Å². The Hall–Kier alpha value is -0.640. The van der Waals surface area contributed by atoms with Crippen LogP contribution in [-0.4, -0.2) is 44.8 Å². The Bertz CT molecular complexity index is 294. The van der Waals surface area contributed by atoms with Gasteiger partial charge in [-0.3, -0.25) is 0 Å². The Balaban J connectivity index is 4.24. The van der Waals surface area contributed by atoms with E-state index < -0.39 is 15.3 Å². The smallest absolute Gasteiger partial charge is 0.230 e. The maximum atomic E-state index is 11.5. The molecule has 1 unspecified atom stereocenters. The van der Waals surface area contributed by atoms with E-state index in [2.05, 4.69) is 0 Å². The Morgan fingerprint density at radius 3 is 2.57 bits per heavy atom. The van der Waals surface area contributed by atoms with Crippen molar-refractivity contribution < 1.29 is 13.2 Å². The van der Waals surface area contributed by atoms with Crippen molar-refractivity contribution in [3.05, 3.63) is 0 Å². The summed E-state index contributed by atoms with van der Waals surface area (Å²) in [5, 5.41) is 7.50. The highest BCUT2D eigenvalue weighted by molar-refractivity contribution is 7.89. The fourth-order valence-electron chi connectivity index (χ4n) is 0.801. The number of hydrogen-bond acceptors (Lipinski definition) is 4. The molecule has 0 aliphatic heterocycles. The zero-order chi connectivity index (χ0) is 11.2. The Labute approximate surface area is 85.3 Å². The third-order valence-electron chi connectivity index (χ3n) is 1.82. The second kappa shape index (κ2) is 5.96. The van der Waals surface area contributed by atoms with Gasteiger partial charge in [0.15, 0.2) is 5.25 Å². The zero-order valence-corrected chi connectivity index (χ0v) is 9.54. The van der Waals surface area contributed by atoms with Crippen molar-refractivity contribution in [2.24, 2.45) is 0 Å². The van der Waals surface area contributed by atoms with E-state index in [-0.39, 0.29) is 6.54 Å². The van der Waals surface area contributed by atoms with Crippen LogP contribution >= 0.6 is 0 Å². The van der Waals surface area contributed by atoms with Gasteiger partial charge in [0.25, 0.3) is 0 Å². The molecule has 0 rings (SSSR count). The minimum atomic E-state index is -3.48. The molecule has 0 aromatic carbocycles. The van der Waals surface area contributed by atoms with Gasteiger partial charge in [-0.05, 0) is 13.8 Å². The minimum absolute atomic E-state index is 0.280. The summed E-state index contributed by atoms with van der Waals surface area (Å²) in [4.78, 5) is 0. The lowest BCUT2D eigenvalue weighted by molar-refractivity contribution is 0.138. The number of sulfonamides is 1. The molecule has 1 atom stereocenters. The van der Waals surface area contributed by atoms with Crippen LogP contribution < -0.4 is 0 Å². The molecule has 0 spiro atoms. The lowest BCUT2D eigenvalue weighted by atomic mass is 10.5. The van der Waals surface area contributed by atoms with Crippen LogP contribution in [0.25, 0.3) is 0 Å². The summed E-state index contributed by atoms with van der Waals surface area (Å²) in [7, 11) is -2.03. The van der Waals surface area contributed by atoms with Gasteiger partial charge in [-0.2, -0.15) is 5.26 Å². The second-order valence-corrected chi connectivity index (χ2v) is 5.20. The number of nitriles is 1. The molecular weight excluding hydrogens is 204 g/mol. The third kappa shape index (κ3) is 3.62. The summed E-state index contributed by atoms with van der Waals surface area (Å²) >= 11 is 0. The fourth-order valence-corrected chi connectivity index (χ4v) is 1.80. The van der Waals surface area contributed by atoms with Crippen LogP contribution in [0, 0.1) is 11.3 Å². The van der Waals surface area contributed by atoms with Gasteiger partial charge in [0.2, 0.25) is 10.0 Å². The van der Waals surface area contributed by atoms with E-state index in [1.54, 1.807) is 6.07 Å². The van der Waals surface area contributed by atoms with Gasteiger partial charge >= 0.3 is 0 Å². The number of rotatable bonds is 6. The predicted molar refractivity (Wildman–Crippen MR) is 53.1 cm³/mol. The third-order valence-corrected chi connectivity index (χ3v) is 3.87. The molecule has 0 saturated heterocycles. The van der Waals surface area contributed by atoms with Crippen LogP contribution in [0.1, 0.15) is 13.8 Å². The van der Waals surface area contributed by atoms with Crippen molar-refractivity contribution in [1.82, 2.24) is 4.31 Å². The van der Waals surface area contributed by atoms with Gasteiger partial charge in [-0.25, -0.2) is 12.7 Å². The van der Waals surface area contributed by atoms with Crippen LogP contribution in [0.3, 0.4) is 0 Å². The standard InChI is InChI=1S/C8H16N2O3S/c1-4-13-6-5-10(3)14(11,12)8(2)7-9/h8H,4-6H2,1-3H3. The Kier molecular flexibility index (Phi) is 5.69. The van der Waals surface area contributed by atoms with Gasteiger partial charge in [0.1, 0.15) is 0 Å². The molecule has 6 heteroatoms. The topological polar surface area (TPSA) is 70.4 Å². The van der Waals surface area contributed by atoms with E-state index in [1.807, 2.05) is 6.92 Å². The quantitative estimate of drug-likeness (QED) is 0.599. The molecule has 5 nitrogen and oxygen atoms in total. The summed E-state index contributed by atoms with van der Waals surface area (Å²) in [6.45, 7) is 4.40. The maximum absolute atomic E-state index is 11.5. The molecular formula is C8H16N2O3S. The normalized spacial score (nSPS) is 13.9. The molecule has 0 radical (unpaired) electrons. The molecule has 0 saturated carbocycles. The summed E-state index contributed by atoms with van der Waals surface area (Å²) < 4.78 is 29.2. The first kappa shape index (κ1) is 13.4. The average molecular weight is 220 g/mol. The molecule has 0 aromatic heterocycles. The highest BCUT2D eigenvalue weighted by atomic mass is 32.2. The minimum Gasteiger partial charge on any atom is -0.380 e. The number of likely N-dealkylation sites (N-methyl/N-ethyl adjacent to an activating group) is 1. The summed E-state index contributed by atoms with van der Waals surface area (Å²) in [6, 6.07) is 1.71. The number of ether oxygens (including phenoxy) is 1. The van der Waals surface area contributed by atoms with Crippen LogP contribution in [0.15, 0.2) is 0 Å². The largest absolute Gasteiger partial charge is 0.380 e. The molecule has 14 heavy (non-hydrogen) atoms. The Morgan fingerprint density at radius 1 is 1.57 bits per heavy atom. The average Bonchev–Trinajstić information content (AvgIpc) is 2.16. The van der Waals surface area contributed by atoms with E-state index in [0.29, 0.717) is 13.2 Å². The van der Waals surface area contributed by atoms with Crippen LogP contribution in [0.2, 0.25) is 0 Å². The SMILES string of the molecule is CCOCCN(C)S(=O)(=O)C(C)C#N. The van der Waals surface area contributed by atoms with Crippen molar-refractivity contribution in [3.8, 4) is 6.07 Å². The summed E-state index contributed by atoms with van der Waals surface area (Å²) in [5.41, 5.74) is 0. The molecule has 0 fully saturated rings. The van der Waals surface area contributed by atoms with Crippen molar-refractivity contribution in [3.63, 3.8) is 0 Å². The first-order valence-electron chi connectivity index (χ1n) is 4.39. The van der Waals surface area contributed by atoms with Gasteiger partial charge < -0.3 is 4.74 Å². The van der Waals surface area contributed by atoms with E-state index in [1.165, 1.54) is 14.0 Å². The number of hydrogen-bond donors (Lipinski definition) is 0. The van der Waals surface area contributed by atoms with Crippen molar-refractivity contribution >= 4 is 10.0 Å². The highest BCUT2D eigenvalue weighted by Crippen LogP contribution is 2.05. The lowest BCUT2D eigenvalue weighted by Gasteiger charge is -2.17. The van der Waals surface area contributed by atoms with Crippen molar-refractivity contribution in [2.45, 2.75) is 19.1 Å². The lowest BCUT2D eigenvalue weighted by Crippen LogP contribution is -2.36. The second-order valence-electron chi connectivity index (χ2n) is 2.83. The first-order chi connectivity index (χ1) is 6.46. The highest BCUT2D eigenvalue weighted by Gasteiger charge is 2.25. The molecule has 0 aromatic rings. The summed E-state index contributed by atoms with van der Waals surface area (Å²) in [6.07, 6.45) is 0. The van der Waals surface area contributed by atoms with E-state index in [9.17, 15) is 8.42 Å². The fraction of sp³-hybridized carbons (Fsp3) is 0.875. The molecule has 0 aliphatic rings. The van der Waals surface area contributed by atoms with Gasteiger partial charge in [0, 0.05) is 20.2 Å². The van der Waals surface area contributed by atoms with E-state index >= 15 is 0 Å². The monoisotopic (exact) mass is 220 g/mol. The maximum Gasteiger partial charge on any atom is 0.230 e. The molecule has 82 valence electrons. The summed E-state index contributed by atoms with van der Waals surface area (Å²) in [5.74, 6) is 0. The molecule has 0 bridgehead atoms. The molecule has 0 aliphatic carbocycles. The van der Waals surface area contributed by atoms with E-state index in [4.69, 9.17) is 10.00 Å². The van der Waals surface area contributed by atoms with Crippen molar-refractivity contribution in [1.29, 1.82) is 5.26 Å². The van der Waals surface area contributed by atoms with E-state index in [0.717, 1.165) is 4.31 Å². The van der Waals surface area contributed by atoms with Crippen molar-refractivity contribution in [2.75, 3.05) is 26.8 Å². The molecule has 0 amide bonds. The van der Waals surface area contributed by atoms with Crippen LogP contribution in [0.5, 0.6) is 0 Å². The number of nitrogens with zero attached hydrogens (tertiary/aromatic N) is 2. The van der Waals surface area contributed by atoms with Gasteiger partial charge in [0.05, 0.1) is 12.7 Å². The molecule has 0 N–H and O–H groups in total. The Morgan fingerprint density at radius 2 is 2.14 bits per heavy atom.